The van der Waals surface area contributed by atoms with Crippen LogP contribution in [0.3, 0.4) is 0 Å². The standard InChI is InChI=1S/C28H38N2O4S/c1-21-17-30(22(2)20-31)35(32,33)28-15-14-25(24-12-8-5-9-13-24)16-26(28)34-27(21)19-29(3)18-23-10-6-4-7-11-23/h4,6-7,10-12,14-16,21-22,27,31H,5,8-9,13,17-20H2,1-3H3/t21-,22-,27-/m0/s1. The maximum absolute atomic E-state index is 13.7. The van der Waals surface area contributed by atoms with Crippen molar-refractivity contribution in [3.8, 4) is 5.75 Å². The van der Waals surface area contributed by atoms with Gasteiger partial charge in [-0.05, 0) is 68.5 Å². The van der Waals surface area contributed by atoms with E-state index in [9.17, 15) is 13.5 Å². The van der Waals surface area contributed by atoms with Crippen LogP contribution in [0.5, 0.6) is 5.75 Å². The molecule has 1 aliphatic carbocycles. The minimum atomic E-state index is -3.82. The molecule has 190 valence electrons. The first kappa shape index (κ1) is 25.9. The van der Waals surface area contributed by atoms with Gasteiger partial charge < -0.3 is 9.84 Å². The molecule has 4 rings (SSSR count). The summed E-state index contributed by atoms with van der Waals surface area (Å²) in [5, 5.41) is 9.85. The molecule has 6 nitrogen and oxygen atoms in total. The van der Waals surface area contributed by atoms with Crippen molar-refractivity contribution in [2.24, 2.45) is 5.92 Å². The Morgan fingerprint density at radius 1 is 1.17 bits per heavy atom. The Bertz CT molecular complexity index is 1130. The van der Waals surface area contributed by atoms with Crippen LogP contribution in [-0.4, -0.2) is 61.6 Å². The number of allylic oxidation sites excluding steroid dienone is 2. The van der Waals surface area contributed by atoms with Gasteiger partial charge >= 0.3 is 0 Å². The summed E-state index contributed by atoms with van der Waals surface area (Å²) in [6.07, 6.45) is 6.45. The molecule has 0 spiro atoms. The molecule has 0 amide bonds. The number of likely N-dealkylation sites (N-methyl/N-ethyl adjacent to an activating group) is 1. The number of hydrogen-bond acceptors (Lipinski definition) is 5. The molecule has 1 aliphatic heterocycles. The Morgan fingerprint density at radius 3 is 2.63 bits per heavy atom. The summed E-state index contributed by atoms with van der Waals surface area (Å²) < 4.78 is 35.4. The van der Waals surface area contributed by atoms with Crippen LogP contribution in [0.4, 0.5) is 0 Å². The first-order valence-corrected chi connectivity index (χ1v) is 14.1. The maximum Gasteiger partial charge on any atom is 0.247 e. The fraction of sp³-hybridized carbons (Fsp3) is 0.500. The summed E-state index contributed by atoms with van der Waals surface area (Å²) >= 11 is 0. The molecule has 7 heteroatoms. The van der Waals surface area contributed by atoms with E-state index in [2.05, 4.69) is 30.2 Å². The quantitative estimate of drug-likeness (QED) is 0.607. The third-order valence-corrected chi connectivity index (χ3v) is 9.14. The maximum atomic E-state index is 13.7. The van der Waals surface area contributed by atoms with E-state index >= 15 is 0 Å². The van der Waals surface area contributed by atoms with E-state index in [1.165, 1.54) is 21.9 Å². The van der Waals surface area contributed by atoms with Crippen LogP contribution >= 0.6 is 0 Å². The first-order valence-electron chi connectivity index (χ1n) is 12.6. The predicted molar refractivity (Wildman–Crippen MR) is 140 cm³/mol. The van der Waals surface area contributed by atoms with Crippen molar-refractivity contribution in [2.45, 2.75) is 63.1 Å². The zero-order valence-electron chi connectivity index (χ0n) is 21.1. The molecule has 0 bridgehead atoms. The van der Waals surface area contributed by atoms with Gasteiger partial charge in [-0.1, -0.05) is 49.4 Å². The van der Waals surface area contributed by atoms with E-state index in [1.807, 2.05) is 37.3 Å². The molecule has 35 heavy (non-hydrogen) atoms. The lowest BCUT2D eigenvalue weighted by atomic mass is 9.93. The van der Waals surface area contributed by atoms with Gasteiger partial charge in [-0.25, -0.2) is 8.42 Å². The van der Waals surface area contributed by atoms with Crippen molar-refractivity contribution in [3.63, 3.8) is 0 Å². The molecule has 0 fully saturated rings. The minimum Gasteiger partial charge on any atom is -0.487 e. The van der Waals surface area contributed by atoms with E-state index in [1.54, 1.807) is 13.0 Å². The molecule has 1 heterocycles. The van der Waals surface area contributed by atoms with Crippen LogP contribution in [0, 0.1) is 5.92 Å². The average Bonchev–Trinajstić information content (AvgIpc) is 2.86. The lowest BCUT2D eigenvalue weighted by molar-refractivity contribution is 0.0733. The molecule has 0 radical (unpaired) electrons. The zero-order valence-corrected chi connectivity index (χ0v) is 21.9. The van der Waals surface area contributed by atoms with Gasteiger partial charge in [0.2, 0.25) is 10.0 Å². The molecule has 1 N–H and O–H groups in total. The Kier molecular flexibility index (Phi) is 8.32. The van der Waals surface area contributed by atoms with Crippen LogP contribution in [0.1, 0.15) is 50.7 Å². The molecule has 3 atom stereocenters. The second-order valence-electron chi connectivity index (χ2n) is 10.1. The summed E-state index contributed by atoms with van der Waals surface area (Å²) in [5.41, 5.74) is 3.51. The smallest absolute Gasteiger partial charge is 0.247 e. The van der Waals surface area contributed by atoms with Crippen LogP contribution < -0.4 is 4.74 Å². The number of rotatable bonds is 7. The number of aliphatic hydroxyl groups is 1. The monoisotopic (exact) mass is 498 g/mol. The Labute approximate surface area is 210 Å². The highest BCUT2D eigenvalue weighted by atomic mass is 32.2. The van der Waals surface area contributed by atoms with Crippen molar-refractivity contribution in [1.82, 2.24) is 9.21 Å². The molecule has 0 saturated carbocycles. The van der Waals surface area contributed by atoms with Gasteiger partial charge in [0.05, 0.1) is 6.61 Å². The third kappa shape index (κ3) is 5.97. The summed E-state index contributed by atoms with van der Waals surface area (Å²) in [5.74, 6) is 0.344. The summed E-state index contributed by atoms with van der Waals surface area (Å²) in [6.45, 7) is 5.29. The van der Waals surface area contributed by atoms with Crippen molar-refractivity contribution in [2.75, 3.05) is 26.7 Å². The van der Waals surface area contributed by atoms with Crippen molar-refractivity contribution < 1.29 is 18.3 Å². The van der Waals surface area contributed by atoms with E-state index in [-0.39, 0.29) is 23.5 Å². The summed E-state index contributed by atoms with van der Waals surface area (Å²) in [6, 6.07) is 15.3. The Morgan fingerprint density at radius 2 is 1.94 bits per heavy atom. The number of nitrogens with zero attached hydrogens (tertiary/aromatic N) is 2. The van der Waals surface area contributed by atoms with Crippen LogP contribution in [0.15, 0.2) is 59.5 Å². The lowest BCUT2D eigenvalue weighted by Crippen LogP contribution is -2.49. The highest BCUT2D eigenvalue weighted by Crippen LogP contribution is 2.37. The molecular weight excluding hydrogens is 460 g/mol. The molecular formula is C28H38N2O4S. The fourth-order valence-electron chi connectivity index (χ4n) is 5.01. The van der Waals surface area contributed by atoms with Gasteiger partial charge in [0.15, 0.2) is 0 Å². The number of benzene rings is 2. The van der Waals surface area contributed by atoms with Crippen LogP contribution in [-0.2, 0) is 16.6 Å². The van der Waals surface area contributed by atoms with E-state index in [4.69, 9.17) is 4.74 Å². The van der Waals surface area contributed by atoms with Gasteiger partial charge in [0.1, 0.15) is 16.7 Å². The van der Waals surface area contributed by atoms with E-state index in [0.29, 0.717) is 18.8 Å². The number of ether oxygens (including phenoxy) is 1. The topological polar surface area (TPSA) is 70.1 Å². The molecule has 2 aromatic rings. The summed E-state index contributed by atoms with van der Waals surface area (Å²) in [4.78, 5) is 2.40. The Balaban J connectivity index is 1.69. The van der Waals surface area contributed by atoms with Gasteiger partial charge in [-0.3, -0.25) is 4.90 Å². The zero-order chi connectivity index (χ0) is 25.0. The highest BCUT2D eigenvalue weighted by Gasteiger charge is 2.38. The minimum absolute atomic E-state index is 0.0669. The highest BCUT2D eigenvalue weighted by molar-refractivity contribution is 7.89. The predicted octanol–water partition coefficient (Wildman–Crippen LogP) is 4.54. The first-order chi connectivity index (χ1) is 16.8. The molecule has 0 aromatic heterocycles. The largest absolute Gasteiger partial charge is 0.487 e. The molecule has 2 aromatic carbocycles. The van der Waals surface area contributed by atoms with Crippen LogP contribution in [0.2, 0.25) is 0 Å². The van der Waals surface area contributed by atoms with Crippen molar-refractivity contribution >= 4 is 15.6 Å². The fourth-order valence-corrected chi connectivity index (χ4v) is 6.84. The van der Waals surface area contributed by atoms with E-state index < -0.39 is 16.1 Å². The molecule has 0 saturated heterocycles. The lowest BCUT2D eigenvalue weighted by Gasteiger charge is -2.37. The van der Waals surface area contributed by atoms with Gasteiger partial charge in [0.25, 0.3) is 0 Å². The SMILES string of the molecule is C[C@H]1CN([C@@H](C)CO)S(=O)(=O)c2ccc(C3=CCCCC3)cc2O[C@H]1CN(C)Cc1ccccc1. The van der Waals surface area contributed by atoms with E-state index in [0.717, 1.165) is 31.4 Å². The number of fused-ring (bicyclic) bond motifs is 1. The van der Waals surface area contributed by atoms with Crippen LogP contribution in [0.25, 0.3) is 5.57 Å². The van der Waals surface area contributed by atoms with Gasteiger partial charge in [0, 0.05) is 31.6 Å². The second kappa shape index (κ2) is 11.2. The Hall–Kier alpha value is -2.19. The van der Waals surface area contributed by atoms with Gasteiger partial charge in [-0.15, -0.1) is 0 Å². The molecule has 2 aliphatic rings. The summed E-state index contributed by atoms with van der Waals surface area (Å²) in [7, 11) is -1.75. The number of sulfonamides is 1. The average molecular weight is 499 g/mol. The second-order valence-corrected chi connectivity index (χ2v) is 11.9. The third-order valence-electron chi connectivity index (χ3n) is 7.12. The normalized spacial score (nSPS) is 23.5. The number of aliphatic hydroxyl groups excluding tert-OH is 1. The molecule has 0 unspecified atom stereocenters. The van der Waals surface area contributed by atoms with Crippen molar-refractivity contribution in [1.29, 1.82) is 0 Å². The number of hydrogen-bond donors (Lipinski definition) is 1. The van der Waals surface area contributed by atoms with Crippen molar-refractivity contribution in [3.05, 3.63) is 65.7 Å². The van der Waals surface area contributed by atoms with Gasteiger partial charge in [-0.2, -0.15) is 4.31 Å².